The first kappa shape index (κ1) is 17.4. The number of hydrogen-bond donors (Lipinski definition) is 0. The average molecular weight is 274 g/mol. The Morgan fingerprint density at radius 2 is 1.55 bits per heavy atom. The fraction of sp³-hybridized carbons (Fsp3) is 0.125. The van der Waals surface area contributed by atoms with Gasteiger partial charge in [-0.3, -0.25) is 4.79 Å². The van der Waals surface area contributed by atoms with E-state index in [1.807, 2.05) is 13.8 Å². The molecule has 0 bridgehead atoms. The minimum Gasteiger partial charge on any atom is -0.429 e. The highest BCUT2D eigenvalue weighted by Gasteiger charge is 2.07. The van der Waals surface area contributed by atoms with Gasteiger partial charge in [0.05, 0.1) is 5.57 Å². The summed E-state index contributed by atoms with van der Waals surface area (Å²) in [6.45, 7) is 18.2. The van der Waals surface area contributed by atoms with Gasteiger partial charge in [0.25, 0.3) is 6.47 Å². The van der Waals surface area contributed by atoms with Crippen LogP contribution in [0.3, 0.4) is 0 Å². The summed E-state index contributed by atoms with van der Waals surface area (Å²) in [5.74, 6) is -0.440. The Morgan fingerprint density at radius 1 is 1.00 bits per heavy atom. The van der Waals surface area contributed by atoms with Gasteiger partial charge in [-0.05, 0) is 37.6 Å². The van der Waals surface area contributed by atoms with Crippen LogP contribution in [0.15, 0.2) is 72.8 Å². The van der Waals surface area contributed by atoms with Crippen molar-refractivity contribution in [1.82, 2.24) is 0 Å². The molecule has 0 aromatic carbocycles. The second-order valence-corrected chi connectivity index (χ2v) is 4.00. The molecule has 0 aromatic rings. The Morgan fingerprint density at radius 3 is 2.05 bits per heavy atom. The lowest BCUT2D eigenvalue weighted by molar-refractivity contribution is -0.134. The van der Waals surface area contributed by atoms with Crippen LogP contribution in [-0.2, 0) is 19.1 Å². The minimum absolute atomic E-state index is 0.0770. The van der Waals surface area contributed by atoms with E-state index in [1.54, 1.807) is 6.08 Å². The molecule has 4 nitrogen and oxygen atoms in total. The van der Waals surface area contributed by atoms with Crippen LogP contribution in [0.25, 0.3) is 0 Å². The Hall–Kier alpha value is -2.62. The molecule has 20 heavy (non-hydrogen) atoms. The van der Waals surface area contributed by atoms with Crippen LogP contribution in [0.4, 0.5) is 0 Å². The van der Waals surface area contributed by atoms with Crippen LogP contribution < -0.4 is 0 Å². The van der Waals surface area contributed by atoms with Crippen LogP contribution in [-0.4, -0.2) is 12.4 Å². The summed E-state index contributed by atoms with van der Waals surface area (Å²) in [7, 11) is 0. The van der Waals surface area contributed by atoms with Crippen LogP contribution >= 0.6 is 0 Å². The summed E-state index contributed by atoms with van der Waals surface area (Å²) in [4.78, 5) is 21.7. The van der Waals surface area contributed by atoms with Crippen molar-refractivity contribution >= 4 is 12.4 Å². The van der Waals surface area contributed by atoms with Crippen molar-refractivity contribution in [3.63, 3.8) is 0 Å². The number of rotatable bonds is 8. The van der Waals surface area contributed by atoms with Gasteiger partial charge in [-0.1, -0.05) is 31.9 Å². The van der Waals surface area contributed by atoms with Crippen molar-refractivity contribution < 1.29 is 19.1 Å². The quantitative estimate of drug-likeness (QED) is 0.224. The molecule has 0 unspecified atom stereocenters. The first-order chi connectivity index (χ1) is 9.27. The lowest BCUT2D eigenvalue weighted by Gasteiger charge is -2.05. The van der Waals surface area contributed by atoms with Gasteiger partial charge in [0.1, 0.15) is 11.5 Å². The van der Waals surface area contributed by atoms with Gasteiger partial charge >= 0.3 is 5.97 Å². The molecule has 0 rings (SSSR count). The number of esters is 1. The van der Waals surface area contributed by atoms with Crippen molar-refractivity contribution in [1.29, 1.82) is 0 Å². The molecule has 0 spiro atoms. The summed E-state index contributed by atoms with van der Waals surface area (Å²) in [5.41, 5.74) is 1.85. The van der Waals surface area contributed by atoms with E-state index in [4.69, 9.17) is 4.74 Å². The monoisotopic (exact) mass is 274 g/mol. The zero-order valence-corrected chi connectivity index (χ0v) is 11.8. The third-order valence-electron chi connectivity index (χ3n) is 2.20. The van der Waals surface area contributed by atoms with E-state index in [9.17, 15) is 9.59 Å². The van der Waals surface area contributed by atoms with E-state index in [2.05, 4.69) is 31.1 Å². The van der Waals surface area contributed by atoms with Gasteiger partial charge in [-0.25, -0.2) is 4.79 Å². The Kier molecular flexibility index (Phi) is 7.37. The molecule has 0 aliphatic rings. The molecule has 4 heteroatoms. The van der Waals surface area contributed by atoms with Crippen LogP contribution in [0.1, 0.15) is 13.8 Å². The fourth-order valence-electron chi connectivity index (χ4n) is 0.949. The highest BCUT2D eigenvalue weighted by molar-refractivity contribution is 5.91. The predicted octanol–water partition coefficient (Wildman–Crippen LogP) is 3.36. The molecule has 0 aliphatic carbocycles. The molecule has 0 aliphatic heterocycles. The van der Waals surface area contributed by atoms with Crippen molar-refractivity contribution in [2.75, 3.05) is 0 Å². The lowest BCUT2D eigenvalue weighted by Crippen LogP contribution is -2.04. The highest BCUT2D eigenvalue weighted by atomic mass is 16.5. The van der Waals surface area contributed by atoms with Crippen molar-refractivity contribution in [2.45, 2.75) is 13.8 Å². The first-order valence-corrected chi connectivity index (χ1v) is 5.69. The largest absolute Gasteiger partial charge is 0.429 e. The summed E-state index contributed by atoms with van der Waals surface area (Å²) in [6.07, 6.45) is 4.28. The van der Waals surface area contributed by atoms with Crippen LogP contribution in [0.5, 0.6) is 0 Å². The van der Waals surface area contributed by atoms with Gasteiger partial charge in [0.15, 0.2) is 0 Å². The van der Waals surface area contributed by atoms with Crippen molar-refractivity contribution in [3.05, 3.63) is 72.8 Å². The average Bonchev–Trinajstić information content (AvgIpc) is 2.36. The number of carbonyl (C=O) groups excluding carboxylic acids is 2. The smallest absolute Gasteiger partial charge is 0.342 e. The zero-order valence-electron chi connectivity index (χ0n) is 11.8. The van der Waals surface area contributed by atoms with E-state index < -0.39 is 5.97 Å². The third kappa shape index (κ3) is 6.96. The first-order valence-electron chi connectivity index (χ1n) is 5.69. The standard InChI is InChI=1S/C16H18O4/c1-11(2)12(3)9-13(4)16(18)20-15(6)8-7-14(5)19-10-17/h7-10H,1,4-6H2,2-3H3/b8-7-,12-9-. The van der Waals surface area contributed by atoms with E-state index in [0.29, 0.717) is 0 Å². The highest BCUT2D eigenvalue weighted by Crippen LogP contribution is 2.11. The molecular weight excluding hydrogens is 256 g/mol. The molecule has 0 N–H and O–H groups in total. The second kappa shape index (κ2) is 8.48. The van der Waals surface area contributed by atoms with Crippen molar-refractivity contribution in [3.8, 4) is 0 Å². The Labute approximate surface area is 119 Å². The SMILES string of the molecule is C=C(/C=C\C(=C)OC(=O)C(=C)/C=C(/C)C(=C)C)OC=O. The van der Waals surface area contributed by atoms with Gasteiger partial charge in [0.2, 0.25) is 0 Å². The maximum atomic E-state index is 11.7. The number of carbonyl (C=O) groups is 2. The van der Waals surface area contributed by atoms with Gasteiger partial charge < -0.3 is 9.47 Å². The molecule has 0 amide bonds. The van der Waals surface area contributed by atoms with Gasteiger partial charge in [-0.15, -0.1) is 0 Å². The van der Waals surface area contributed by atoms with Gasteiger partial charge in [-0.2, -0.15) is 0 Å². The van der Waals surface area contributed by atoms with E-state index in [1.165, 1.54) is 12.2 Å². The second-order valence-electron chi connectivity index (χ2n) is 4.00. The summed E-state index contributed by atoms with van der Waals surface area (Å²) >= 11 is 0. The number of ether oxygens (including phenoxy) is 2. The molecule has 0 aromatic heterocycles. The zero-order chi connectivity index (χ0) is 15.7. The lowest BCUT2D eigenvalue weighted by atomic mass is 10.1. The molecule has 0 atom stereocenters. The molecule has 0 saturated carbocycles. The molecule has 0 fully saturated rings. The Bertz CT molecular complexity index is 519. The maximum absolute atomic E-state index is 11.7. The third-order valence-corrected chi connectivity index (χ3v) is 2.20. The number of hydrogen-bond acceptors (Lipinski definition) is 4. The summed E-state index contributed by atoms with van der Waals surface area (Å²) < 4.78 is 9.39. The topological polar surface area (TPSA) is 52.6 Å². The molecule has 0 radical (unpaired) electrons. The van der Waals surface area contributed by atoms with Crippen LogP contribution in [0.2, 0.25) is 0 Å². The normalized spacial score (nSPS) is 10.8. The van der Waals surface area contributed by atoms with E-state index in [0.717, 1.165) is 11.1 Å². The predicted molar refractivity (Wildman–Crippen MR) is 78.4 cm³/mol. The fourth-order valence-corrected chi connectivity index (χ4v) is 0.949. The molecule has 106 valence electrons. The van der Waals surface area contributed by atoms with E-state index in [-0.39, 0.29) is 23.6 Å². The molecule has 0 saturated heterocycles. The van der Waals surface area contributed by atoms with Crippen LogP contribution in [0, 0.1) is 0 Å². The van der Waals surface area contributed by atoms with Gasteiger partial charge in [0, 0.05) is 0 Å². The minimum atomic E-state index is -0.623. The summed E-state index contributed by atoms with van der Waals surface area (Å²) in [6, 6.07) is 0. The summed E-state index contributed by atoms with van der Waals surface area (Å²) in [5, 5.41) is 0. The maximum Gasteiger partial charge on any atom is 0.342 e. The molecular formula is C16H18O4. The van der Waals surface area contributed by atoms with E-state index >= 15 is 0 Å². The number of allylic oxidation sites excluding steroid dienone is 4. The Balaban J connectivity index is 4.54. The van der Waals surface area contributed by atoms with Crippen molar-refractivity contribution in [2.24, 2.45) is 0 Å². The molecule has 0 heterocycles.